The zero-order chi connectivity index (χ0) is 14.8. The Morgan fingerprint density at radius 1 is 1.24 bits per heavy atom. The minimum absolute atomic E-state index is 0.0143. The summed E-state index contributed by atoms with van der Waals surface area (Å²) in [5, 5.41) is 13.5. The first kappa shape index (κ1) is 14.3. The molecule has 1 aromatic rings. The van der Waals surface area contributed by atoms with E-state index in [1.54, 1.807) is 11.3 Å². The molecule has 1 amide bonds. The lowest BCUT2D eigenvalue weighted by Gasteiger charge is -2.32. The van der Waals surface area contributed by atoms with E-state index in [0.29, 0.717) is 12.8 Å². The van der Waals surface area contributed by atoms with Crippen molar-refractivity contribution in [3.63, 3.8) is 0 Å². The van der Waals surface area contributed by atoms with E-state index in [1.165, 1.54) is 5.56 Å². The van der Waals surface area contributed by atoms with E-state index in [-0.39, 0.29) is 11.9 Å². The summed E-state index contributed by atoms with van der Waals surface area (Å²) in [5.41, 5.74) is 1.18. The van der Waals surface area contributed by atoms with Gasteiger partial charge in [0.05, 0.1) is 17.9 Å². The molecule has 1 saturated heterocycles. The van der Waals surface area contributed by atoms with Gasteiger partial charge in [0.2, 0.25) is 5.91 Å². The molecular formula is C16H19NO3S. The highest BCUT2D eigenvalue weighted by atomic mass is 32.1. The first-order valence-electron chi connectivity index (χ1n) is 7.39. The molecule has 1 aliphatic carbocycles. The average Bonchev–Trinajstić information content (AvgIpc) is 3.16. The van der Waals surface area contributed by atoms with Crippen molar-refractivity contribution in [2.75, 3.05) is 6.54 Å². The molecule has 1 aliphatic heterocycles. The maximum atomic E-state index is 12.9. The van der Waals surface area contributed by atoms with Crippen molar-refractivity contribution in [3.05, 3.63) is 34.5 Å². The maximum absolute atomic E-state index is 12.9. The van der Waals surface area contributed by atoms with Crippen LogP contribution in [-0.4, -0.2) is 28.4 Å². The fourth-order valence-corrected chi connectivity index (χ4v) is 4.12. The molecule has 3 rings (SSSR count). The summed E-state index contributed by atoms with van der Waals surface area (Å²) in [6, 6.07) is 2.19. The van der Waals surface area contributed by atoms with E-state index >= 15 is 0 Å². The Hall–Kier alpha value is -1.62. The number of nitrogens with zero attached hydrogens (tertiary/aromatic N) is 1. The largest absolute Gasteiger partial charge is 0.481 e. The van der Waals surface area contributed by atoms with E-state index < -0.39 is 17.8 Å². The quantitative estimate of drug-likeness (QED) is 0.873. The number of amides is 1. The molecule has 5 heteroatoms. The third-order valence-corrected chi connectivity index (χ3v) is 5.23. The standard InChI is InChI=1S/C16H19NO3S/c18-15(12-4-1-2-5-13(12)16(19)20)17-8-3-6-14(17)11-7-9-21-10-11/h1-2,7,9-10,12-14H,3-6,8H2,(H,19,20)/t12-,13+,14?/m1/s1. The molecule has 0 bridgehead atoms. The molecule has 0 saturated carbocycles. The van der Waals surface area contributed by atoms with E-state index in [2.05, 4.69) is 11.4 Å². The molecule has 2 heterocycles. The molecular weight excluding hydrogens is 286 g/mol. The van der Waals surface area contributed by atoms with Crippen LogP contribution in [0.1, 0.15) is 37.3 Å². The molecule has 1 fully saturated rings. The lowest BCUT2D eigenvalue weighted by Crippen LogP contribution is -2.41. The van der Waals surface area contributed by atoms with Crippen LogP contribution in [0.5, 0.6) is 0 Å². The maximum Gasteiger partial charge on any atom is 0.307 e. The first-order chi connectivity index (χ1) is 10.2. The van der Waals surface area contributed by atoms with Crippen LogP contribution in [0.4, 0.5) is 0 Å². The van der Waals surface area contributed by atoms with E-state index in [0.717, 1.165) is 19.4 Å². The lowest BCUT2D eigenvalue weighted by molar-refractivity contribution is -0.151. The number of carboxylic acids is 1. The van der Waals surface area contributed by atoms with Gasteiger partial charge < -0.3 is 10.0 Å². The van der Waals surface area contributed by atoms with Crippen molar-refractivity contribution < 1.29 is 14.7 Å². The Morgan fingerprint density at radius 3 is 2.67 bits per heavy atom. The van der Waals surface area contributed by atoms with Crippen molar-refractivity contribution in [3.8, 4) is 0 Å². The number of carbonyl (C=O) groups is 2. The zero-order valence-corrected chi connectivity index (χ0v) is 12.6. The van der Waals surface area contributed by atoms with Gasteiger partial charge in [-0.3, -0.25) is 9.59 Å². The predicted molar refractivity (Wildman–Crippen MR) is 81.0 cm³/mol. The summed E-state index contributed by atoms with van der Waals surface area (Å²) in [7, 11) is 0. The summed E-state index contributed by atoms with van der Waals surface area (Å²) in [6.07, 6.45) is 6.79. The van der Waals surface area contributed by atoms with Crippen molar-refractivity contribution in [1.82, 2.24) is 4.90 Å². The lowest BCUT2D eigenvalue weighted by atomic mass is 9.82. The van der Waals surface area contributed by atoms with Gasteiger partial charge in [-0.2, -0.15) is 11.3 Å². The number of rotatable bonds is 3. The molecule has 1 N–H and O–H groups in total. The van der Waals surface area contributed by atoms with Crippen LogP contribution in [0, 0.1) is 11.8 Å². The highest BCUT2D eigenvalue weighted by Crippen LogP contribution is 2.37. The Balaban J connectivity index is 1.80. The van der Waals surface area contributed by atoms with Crippen molar-refractivity contribution >= 4 is 23.2 Å². The summed E-state index contributed by atoms with van der Waals surface area (Å²) < 4.78 is 0. The minimum atomic E-state index is -0.857. The zero-order valence-electron chi connectivity index (χ0n) is 11.8. The molecule has 4 nitrogen and oxygen atoms in total. The van der Waals surface area contributed by atoms with Crippen LogP contribution < -0.4 is 0 Å². The monoisotopic (exact) mass is 305 g/mol. The Labute approximate surface area is 128 Å². The SMILES string of the molecule is O=C(O)[C@H]1CC=CC[C@H]1C(=O)N1CCCC1c1ccsc1. The van der Waals surface area contributed by atoms with Gasteiger partial charge in [-0.1, -0.05) is 12.2 Å². The van der Waals surface area contributed by atoms with Gasteiger partial charge in [-0.15, -0.1) is 0 Å². The summed E-state index contributed by atoms with van der Waals surface area (Å²) in [4.78, 5) is 26.1. The molecule has 1 unspecified atom stereocenters. The molecule has 1 aromatic heterocycles. The van der Waals surface area contributed by atoms with Crippen molar-refractivity contribution in [2.45, 2.75) is 31.7 Å². The van der Waals surface area contributed by atoms with Crippen molar-refractivity contribution in [2.24, 2.45) is 11.8 Å². The third-order valence-electron chi connectivity index (χ3n) is 4.53. The number of carboxylic acid groups (broad SMARTS) is 1. The van der Waals surface area contributed by atoms with Gasteiger partial charge in [0.1, 0.15) is 0 Å². The van der Waals surface area contributed by atoms with Gasteiger partial charge in [-0.05, 0) is 48.1 Å². The summed E-state index contributed by atoms with van der Waals surface area (Å²) >= 11 is 1.64. The second kappa shape index (κ2) is 6.02. The van der Waals surface area contributed by atoms with Crippen molar-refractivity contribution in [1.29, 1.82) is 0 Å². The predicted octanol–water partition coefficient (Wildman–Crippen LogP) is 3.08. The molecule has 112 valence electrons. The van der Waals surface area contributed by atoms with Crippen LogP contribution in [-0.2, 0) is 9.59 Å². The van der Waals surface area contributed by atoms with Crippen LogP contribution in [0.2, 0.25) is 0 Å². The van der Waals surface area contributed by atoms with Crippen LogP contribution in [0.15, 0.2) is 29.0 Å². The van der Waals surface area contributed by atoms with Crippen LogP contribution >= 0.6 is 11.3 Å². The first-order valence-corrected chi connectivity index (χ1v) is 8.33. The topological polar surface area (TPSA) is 57.6 Å². The van der Waals surface area contributed by atoms with Gasteiger partial charge >= 0.3 is 5.97 Å². The number of hydrogen-bond acceptors (Lipinski definition) is 3. The number of hydrogen-bond donors (Lipinski definition) is 1. The fourth-order valence-electron chi connectivity index (χ4n) is 3.41. The van der Waals surface area contributed by atoms with Crippen LogP contribution in [0.25, 0.3) is 0 Å². The van der Waals surface area contributed by atoms with E-state index in [4.69, 9.17) is 0 Å². The number of aliphatic carboxylic acids is 1. The minimum Gasteiger partial charge on any atom is -0.481 e. The molecule has 21 heavy (non-hydrogen) atoms. The number of allylic oxidation sites excluding steroid dienone is 2. The van der Waals surface area contributed by atoms with Gasteiger partial charge in [0.15, 0.2) is 0 Å². The number of thiophene rings is 1. The van der Waals surface area contributed by atoms with Gasteiger partial charge in [0.25, 0.3) is 0 Å². The Morgan fingerprint density at radius 2 is 2.00 bits per heavy atom. The van der Waals surface area contributed by atoms with E-state index in [1.807, 2.05) is 22.4 Å². The second-order valence-electron chi connectivity index (χ2n) is 5.74. The van der Waals surface area contributed by atoms with Crippen LogP contribution in [0.3, 0.4) is 0 Å². The highest BCUT2D eigenvalue weighted by Gasteiger charge is 2.40. The smallest absolute Gasteiger partial charge is 0.307 e. The Kier molecular flexibility index (Phi) is 4.10. The highest BCUT2D eigenvalue weighted by molar-refractivity contribution is 7.07. The van der Waals surface area contributed by atoms with Gasteiger partial charge in [0, 0.05) is 6.54 Å². The molecule has 0 spiro atoms. The Bertz CT molecular complexity index is 552. The number of carbonyl (C=O) groups excluding carboxylic acids is 1. The molecule has 3 atom stereocenters. The fraction of sp³-hybridized carbons (Fsp3) is 0.500. The summed E-state index contributed by atoms with van der Waals surface area (Å²) in [5.74, 6) is -1.83. The normalized spacial score (nSPS) is 28.8. The van der Waals surface area contributed by atoms with Gasteiger partial charge in [-0.25, -0.2) is 0 Å². The average molecular weight is 305 g/mol. The molecule has 0 aromatic carbocycles. The second-order valence-corrected chi connectivity index (χ2v) is 6.52. The molecule has 2 aliphatic rings. The third kappa shape index (κ3) is 2.75. The number of likely N-dealkylation sites (tertiary alicyclic amines) is 1. The molecule has 0 radical (unpaired) electrons. The summed E-state index contributed by atoms with van der Waals surface area (Å²) in [6.45, 7) is 0.742. The van der Waals surface area contributed by atoms with E-state index in [9.17, 15) is 14.7 Å².